The van der Waals surface area contributed by atoms with E-state index in [0.29, 0.717) is 12.1 Å². The number of hydrogen-bond acceptors (Lipinski definition) is 3. The van der Waals surface area contributed by atoms with Crippen LogP contribution in [0.2, 0.25) is 0 Å². The molecule has 2 atom stereocenters. The molecule has 66 valence electrons. The molecule has 0 radical (unpaired) electrons. The highest BCUT2D eigenvalue weighted by molar-refractivity contribution is 9.18. The molecule has 0 amide bonds. The lowest BCUT2D eigenvalue weighted by Gasteiger charge is -2.30. The first-order chi connectivity index (χ1) is 5.66. The number of rotatable bonds is 0. The van der Waals surface area contributed by atoms with Crippen LogP contribution in [0.25, 0.3) is 0 Å². The Morgan fingerprint density at radius 3 is 3.08 bits per heavy atom. The number of hydrazone groups is 1. The van der Waals surface area contributed by atoms with Crippen LogP contribution in [0.3, 0.4) is 0 Å². The van der Waals surface area contributed by atoms with E-state index in [9.17, 15) is 0 Å². The molecule has 4 heteroatoms. The minimum Gasteiger partial charge on any atom is -0.287 e. The topological polar surface area (TPSA) is 28.0 Å². The first kappa shape index (κ1) is 8.23. The van der Waals surface area contributed by atoms with Crippen LogP contribution in [0.15, 0.2) is 10.1 Å². The third-order valence-electron chi connectivity index (χ3n) is 2.32. The SMILES string of the molecule is CC1=NC(C)CN2N=C(Br)CC12. The third kappa shape index (κ3) is 1.28. The zero-order chi connectivity index (χ0) is 8.72. The van der Waals surface area contributed by atoms with E-state index >= 15 is 0 Å². The van der Waals surface area contributed by atoms with Gasteiger partial charge in [-0.05, 0) is 29.8 Å². The van der Waals surface area contributed by atoms with Crippen LogP contribution in [0.4, 0.5) is 0 Å². The summed E-state index contributed by atoms with van der Waals surface area (Å²) >= 11 is 3.43. The predicted molar refractivity (Wildman–Crippen MR) is 54.0 cm³/mol. The summed E-state index contributed by atoms with van der Waals surface area (Å²) in [4.78, 5) is 4.54. The number of hydrogen-bond donors (Lipinski definition) is 0. The minimum atomic E-state index is 0.392. The van der Waals surface area contributed by atoms with Crippen molar-refractivity contribution in [3.8, 4) is 0 Å². The molecule has 0 spiro atoms. The molecule has 0 aromatic heterocycles. The molecule has 0 aromatic carbocycles. The quantitative estimate of drug-likeness (QED) is 0.621. The molecule has 2 aliphatic rings. The highest BCUT2D eigenvalue weighted by atomic mass is 79.9. The lowest BCUT2D eigenvalue weighted by molar-refractivity contribution is 0.251. The van der Waals surface area contributed by atoms with Crippen LogP contribution in [-0.4, -0.2) is 34.0 Å². The lowest BCUT2D eigenvalue weighted by Crippen LogP contribution is -2.41. The fourth-order valence-corrected chi connectivity index (χ4v) is 2.30. The van der Waals surface area contributed by atoms with Gasteiger partial charge < -0.3 is 0 Å². The molecule has 2 rings (SSSR count). The van der Waals surface area contributed by atoms with Crippen LogP contribution in [0, 0.1) is 0 Å². The molecule has 0 aliphatic carbocycles. The van der Waals surface area contributed by atoms with E-state index in [1.54, 1.807) is 0 Å². The van der Waals surface area contributed by atoms with Crippen molar-refractivity contribution in [1.82, 2.24) is 5.01 Å². The minimum absolute atomic E-state index is 0.392. The van der Waals surface area contributed by atoms with Crippen LogP contribution < -0.4 is 0 Å². The van der Waals surface area contributed by atoms with Gasteiger partial charge in [0.05, 0.1) is 18.6 Å². The second kappa shape index (κ2) is 2.83. The summed E-state index contributed by atoms with van der Waals surface area (Å²) in [5.41, 5.74) is 1.21. The Kier molecular flexibility index (Phi) is 1.94. The maximum absolute atomic E-state index is 4.54. The predicted octanol–water partition coefficient (Wildman–Crippen LogP) is 1.63. The molecule has 12 heavy (non-hydrogen) atoms. The molecule has 2 aliphatic heterocycles. The number of halogens is 1. The zero-order valence-corrected chi connectivity index (χ0v) is 8.87. The molecule has 0 saturated heterocycles. The third-order valence-corrected chi connectivity index (χ3v) is 2.80. The van der Waals surface area contributed by atoms with E-state index in [0.717, 1.165) is 17.6 Å². The molecular formula is C8H12BrN3. The maximum atomic E-state index is 4.54. The van der Waals surface area contributed by atoms with E-state index in [4.69, 9.17) is 0 Å². The molecule has 2 heterocycles. The van der Waals surface area contributed by atoms with Gasteiger partial charge in [0.15, 0.2) is 0 Å². The van der Waals surface area contributed by atoms with Crippen molar-refractivity contribution in [1.29, 1.82) is 0 Å². The lowest BCUT2D eigenvalue weighted by atomic mass is 10.1. The van der Waals surface area contributed by atoms with Gasteiger partial charge in [-0.2, -0.15) is 5.10 Å². The fraction of sp³-hybridized carbons (Fsp3) is 0.750. The van der Waals surface area contributed by atoms with Crippen LogP contribution in [0.5, 0.6) is 0 Å². The number of nitrogens with zero attached hydrogens (tertiary/aromatic N) is 3. The Balaban J connectivity index is 2.23. The van der Waals surface area contributed by atoms with Gasteiger partial charge in [0.2, 0.25) is 0 Å². The fourth-order valence-electron chi connectivity index (χ4n) is 1.79. The Morgan fingerprint density at radius 2 is 2.33 bits per heavy atom. The van der Waals surface area contributed by atoms with Crippen molar-refractivity contribution in [3.05, 3.63) is 0 Å². The summed E-state index contributed by atoms with van der Waals surface area (Å²) in [7, 11) is 0. The summed E-state index contributed by atoms with van der Waals surface area (Å²) in [6.07, 6.45) is 0.988. The standard InChI is InChI=1S/C8H12BrN3/c1-5-4-12-7(6(2)10-5)3-8(9)11-12/h5,7H,3-4H2,1-2H3. The van der Waals surface area contributed by atoms with Crippen LogP contribution in [0.1, 0.15) is 20.3 Å². The van der Waals surface area contributed by atoms with Gasteiger partial charge >= 0.3 is 0 Å². The number of aliphatic imine (C=N–C) groups is 1. The largest absolute Gasteiger partial charge is 0.287 e. The van der Waals surface area contributed by atoms with Crippen LogP contribution >= 0.6 is 15.9 Å². The molecule has 2 unspecified atom stereocenters. The van der Waals surface area contributed by atoms with E-state index in [-0.39, 0.29) is 0 Å². The first-order valence-corrected chi connectivity index (χ1v) is 5.00. The molecule has 0 fully saturated rings. The van der Waals surface area contributed by atoms with Gasteiger partial charge in [-0.25, -0.2) is 0 Å². The van der Waals surface area contributed by atoms with Gasteiger partial charge in [-0.15, -0.1) is 0 Å². The Hall–Kier alpha value is -0.380. The second-order valence-electron chi connectivity index (χ2n) is 3.44. The molecule has 0 aromatic rings. The summed E-state index contributed by atoms with van der Waals surface area (Å²) < 4.78 is 1.05. The van der Waals surface area contributed by atoms with Crippen molar-refractivity contribution < 1.29 is 0 Å². The normalized spacial score (nSPS) is 34.4. The van der Waals surface area contributed by atoms with Crippen molar-refractivity contribution >= 4 is 26.3 Å². The van der Waals surface area contributed by atoms with Crippen LogP contribution in [-0.2, 0) is 0 Å². The maximum Gasteiger partial charge on any atom is 0.106 e. The molecule has 3 nitrogen and oxygen atoms in total. The summed E-state index contributed by atoms with van der Waals surface area (Å²) in [5, 5.41) is 6.53. The zero-order valence-electron chi connectivity index (χ0n) is 7.29. The smallest absolute Gasteiger partial charge is 0.106 e. The highest BCUT2D eigenvalue weighted by Gasteiger charge is 2.31. The van der Waals surface area contributed by atoms with E-state index in [1.807, 2.05) is 0 Å². The molecule has 0 bridgehead atoms. The molecular weight excluding hydrogens is 218 g/mol. The van der Waals surface area contributed by atoms with Gasteiger partial charge in [0.25, 0.3) is 0 Å². The average molecular weight is 230 g/mol. The summed E-state index contributed by atoms with van der Waals surface area (Å²) in [6, 6.07) is 0.818. The Bertz CT molecular complexity index is 259. The molecule has 0 N–H and O–H groups in total. The van der Waals surface area contributed by atoms with Gasteiger partial charge in [-0.1, -0.05) is 0 Å². The van der Waals surface area contributed by atoms with Crippen molar-refractivity contribution in [2.45, 2.75) is 32.4 Å². The van der Waals surface area contributed by atoms with Gasteiger partial charge in [0, 0.05) is 12.1 Å². The summed E-state index contributed by atoms with van der Waals surface area (Å²) in [6.45, 7) is 5.17. The average Bonchev–Trinajstić information content (AvgIpc) is 2.29. The number of fused-ring (bicyclic) bond motifs is 1. The molecule has 0 saturated carbocycles. The van der Waals surface area contributed by atoms with E-state index in [1.165, 1.54) is 5.71 Å². The van der Waals surface area contributed by atoms with Gasteiger partial charge in [-0.3, -0.25) is 10.0 Å². The van der Waals surface area contributed by atoms with Crippen molar-refractivity contribution in [2.24, 2.45) is 10.1 Å². The van der Waals surface area contributed by atoms with Gasteiger partial charge in [0.1, 0.15) is 4.62 Å². The first-order valence-electron chi connectivity index (χ1n) is 4.20. The second-order valence-corrected chi connectivity index (χ2v) is 4.35. The summed E-state index contributed by atoms with van der Waals surface area (Å²) in [5.74, 6) is 0. The van der Waals surface area contributed by atoms with Crippen molar-refractivity contribution in [2.75, 3.05) is 6.54 Å². The van der Waals surface area contributed by atoms with E-state index < -0.39 is 0 Å². The van der Waals surface area contributed by atoms with Crippen molar-refractivity contribution in [3.63, 3.8) is 0 Å². The van der Waals surface area contributed by atoms with E-state index in [2.05, 4.69) is 44.9 Å². The Morgan fingerprint density at radius 1 is 1.58 bits per heavy atom. The highest BCUT2D eigenvalue weighted by Crippen LogP contribution is 2.23. The monoisotopic (exact) mass is 229 g/mol. The Labute approximate surface area is 80.7 Å².